The number of halogens is 2. The van der Waals surface area contributed by atoms with Crippen LogP contribution in [0.4, 0.5) is 0 Å². The van der Waals surface area contributed by atoms with Crippen molar-refractivity contribution in [1.82, 2.24) is 9.80 Å². The highest BCUT2D eigenvalue weighted by atomic mass is 35.5. The van der Waals surface area contributed by atoms with E-state index in [4.69, 9.17) is 5.41 Å². The van der Waals surface area contributed by atoms with Gasteiger partial charge in [0.05, 0.1) is 5.84 Å². The minimum Gasteiger partial charge on any atom is -0.360 e. The standard InChI is InChI=1S/C12H23N3.2ClH/c1-11(10-14-6-2-3-7-14)12(13)15-8-4-5-9-15;;/h11,13H,2-10H2,1H3;2*1H. The van der Waals surface area contributed by atoms with Crippen LogP contribution in [0.2, 0.25) is 0 Å². The number of rotatable bonds is 3. The van der Waals surface area contributed by atoms with Crippen LogP contribution in [0.15, 0.2) is 0 Å². The van der Waals surface area contributed by atoms with E-state index in [1.54, 1.807) is 0 Å². The minimum absolute atomic E-state index is 0. The van der Waals surface area contributed by atoms with Gasteiger partial charge in [0.1, 0.15) is 0 Å². The smallest absolute Gasteiger partial charge is 0.0999 e. The number of hydrogen-bond acceptors (Lipinski definition) is 2. The van der Waals surface area contributed by atoms with E-state index in [1.807, 2.05) is 0 Å². The van der Waals surface area contributed by atoms with Gasteiger partial charge in [-0.3, -0.25) is 5.41 Å². The van der Waals surface area contributed by atoms with Gasteiger partial charge in [0.2, 0.25) is 0 Å². The van der Waals surface area contributed by atoms with Crippen molar-refractivity contribution in [2.75, 3.05) is 32.7 Å². The highest BCUT2D eigenvalue weighted by Crippen LogP contribution is 2.15. The molecule has 2 aliphatic heterocycles. The zero-order valence-corrected chi connectivity index (χ0v) is 12.3. The molecule has 3 nitrogen and oxygen atoms in total. The maximum absolute atomic E-state index is 8.16. The van der Waals surface area contributed by atoms with Gasteiger partial charge in [0, 0.05) is 25.6 Å². The average Bonchev–Trinajstić information content (AvgIpc) is 2.88. The SMILES string of the molecule is CC(CN1CCCC1)C(=N)N1CCCC1.Cl.Cl. The molecule has 0 aromatic carbocycles. The summed E-state index contributed by atoms with van der Waals surface area (Å²) in [6.45, 7) is 8.02. The van der Waals surface area contributed by atoms with Gasteiger partial charge in [0.25, 0.3) is 0 Å². The molecule has 0 amide bonds. The lowest BCUT2D eigenvalue weighted by Gasteiger charge is -2.26. The van der Waals surface area contributed by atoms with E-state index in [-0.39, 0.29) is 24.8 Å². The monoisotopic (exact) mass is 281 g/mol. The van der Waals surface area contributed by atoms with Crippen LogP contribution in [-0.2, 0) is 0 Å². The van der Waals surface area contributed by atoms with Crippen molar-refractivity contribution >= 4 is 30.6 Å². The normalized spacial score (nSPS) is 21.8. The molecule has 2 fully saturated rings. The third-order valence-electron chi connectivity index (χ3n) is 3.64. The van der Waals surface area contributed by atoms with E-state index in [1.165, 1.54) is 38.8 Å². The Morgan fingerprint density at radius 1 is 1.00 bits per heavy atom. The Labute approximate surface area is 117 Å². The molecule has 17 heavy (non-hydrogen) atoms. The molecule has 0 aliphatic carbocycles. The summed E-state index contributed by atoms with van der Waals surface area (Å²) >= 11 is 0. The molecule has 0 radical (unpaired) electrons. The fraction of sp³-hybridized carbons (Fsp3) is 0.917. The van der Waals surface area contributed by atoms with Crippen LogP contribution in [0.1, 0.15) is 32.6 Å². The van der Waals surface area contributed by atoms with Gasteiger partial charge in [-0.25, -0.2) is 0 Å². The van der Waals surface area contributed by atoms with Crippen molar-refractivity contribution in [1.29, 1.82) is 5.41 Å². The van der Waals surface area contributed by atoms with Crippen LogP contribution in [-0.4, -0.2) is 48.4 Å². The number of nitrogens with zero attached hydrogens (tertiary/aromatic N) is 2. The summed E-state index contributed by atoms with van der Waals surface area (Å²) in [5, 5.41) is 8.16. The highest BCUT2D eigenvalue weighted by molar-refractivity contribution is 5.85. The molecule has 1 atom stereocenters. The summed E-state index contributed by atoms with van der Waals surface area (Å²) in [4.78, 5) is 4.77. The molecule has 0 spiro atoms. The van der Waals surface area contributed by atoms with E-state index in [2.05, 4.69) is 16.7 Å². The summed E-state index contributed by atoms with van der Waals surface area (Å²) in [6.07, 6.45) is 5.26. The van der Waals surface area contributed by atoms with E-state index >= 15 is 0 Å². The Bertz CT molecular complexity index is 224. The van der Waals surface area contributed by atoms with Crippen molar-refractivity contribution < 1.29 is 0 Å². The van der Waals surface area contributed by atoms with E-state index in [0.717, 1.165) is 25.5 Å². The van der Waals surface area contributed by atoms with Crippen LogP contribution in [0.5, 0.6) is 0 Å². The quantitative estimate of drug-likeness (QED) is 0.637. The van der Waals surface area contributed by atoms with Crippen molar-refractivity contribution in [2.45, 2.75) is 32.6 Å². The maximum atomic E-state index is 8.16. The fourth-order valence-corrected chi connectivity index (χ4v) is 2.71. The molecule has 102 valence electrons. The van der Waals surface area contributed by atoms with Crippen LogP contribution in [0.25, 0.3) is 0 Å². The minimum atomic E-state index is 0. The second-order valence-corrected chi connectivity index (χ2v) is 4.99. The largest absolute Gasteiger partial charge is 0.360 e. The van der Waals surface area contributed by atoms with Crippen molar-refractivity contribution in [3.8, 4) is 0 Å². The van der Waals surface area contributed by atoms with Gasteiger partial charge >= 0.3 is 0 Å². The Balaban J connectivity index is 0.00000128. The predicted molar refractivity (Wildman–Crippen MR) is 77.9 cm³/mol. The van der Waals surface area contributed by atoms with E-state index in [9.17, 15) is 0 Å². The van der Waals surface area contributed by atoms with Gasteiger partial charge in [0.15, 0.2) is 0 Å². The van der Waals surface area contributed by atoms with E-state index in [0.29, 0.717) is 5.92 Å². The van der Waals surface area contributed by atoms with Gasteiger partial charge in [-0.05, 0) is 38.8 Å². The lowest BCUT2D eigenvalue weighted by atomic mass is 10.1. The second-order valence-electron chi connectivity index (χ2n) is 4.99. The summed E-state index contributed by atoms with van der Waals surface area (Å²) in [5.41, 5.74) is 0. The molecule has 5 heteroatoms. The first-order valence-electron chi connectivity index (χ1n) is 6.33. The lowest BCUT2D eigenvalue weighted by molar-refractivity contribution is 0.307. The topological polar surface area (TPSA) is 30.3 Å². The van der Waals surface area contributed by atoms with Gasteiger partial charge in [-0.1, -0.05) is 6.92 Å². The van der Waals surface area contributed by atoms with Crippen LogP contribution < -0.4 is 0 Å². The van der Waals surface area contributed by atoms with Crippen molar-refractivity contribution in [2.24, 2.45) is 5.92 Å². The highest BCUT2D eigenvalue weighted by Gasteiger charge is 2.22. The second kappa shape index (κ2) is 8.17. The molecule has 0 saturated carbocycles. The molecule has 2 rings (SSSR count). The summed E-state index contributed by atoms with van der Waals surface area (Å²) in [5.74, 6) is 1.29. The third-order valence-corrected chi connectivity index (χ3v) is 3.64. The average molecular weight is 282 g/mol. The van der Waals surface area contributed by atoms with Gasteiger partial charge in [-0.2, -0.15) is 0 Å². The molecular formula is C12H25Cl2N3. The molecule has 0 bridgehead atoms. The molecule has 0 aromatic heterocycles. The Hall–Kier alpha value is 0.01000. The van der Waals surface area contributed by atoms with Gasteiger partial charge < -0.3 is 9.80 Å². The number of hydrogen-bond donors (Lipinski definition) is 1. The molecule has 2 heterocycles. The molecule has 1 N–H and O–H groups in total. The summed E-state index contributed by atoms with van der Waals surface area (Å²) in [7, 11) is 0. The van der Waals surface area contributed by atoms with Crippen LogP contribution in [0.3, 0.4) is 0 Å². The number of amidine groups is 1. The van der Waals surface area contributed by atoms with Gasteiger partial charge in [-0.15, -0.1) is 24.8 Å². The summed E-state index contributed by atoms with van der Waals surface area (Å²) in [6, 6.07) is 0. The molecule has 0 aromatic rings. The zero-order chi connectivity index (χ0) is 10.7. The first kappa shape index (κ1) is 17.0. The fourth-order valence-electron chi connectivity index (χ4n) is 2.71. The lowest BCUT2D eigenvalue weighted by Crippen LogP contribution is -2.37. The van der Waals surface area contributed by atoms with Crippen molar-refractivity contribution in [3.05, 3.63) is 0 Å². The maximum Gasteiger partial charge on any atom is 0.0999 e. The summed E-state index contributed by atoms with van der Waals surface area (Å²) < 4.78 is 0. The Kier molecular flexibility index (Phi) is 8.18. The van der Waals surface area contributed by atoms with Crippen LogP contribution >= 0.6 is 24.8 Å². The number of nitrogens with one attached hydrogen (secondary N) is 1. The zero-order valence-electron chi connectivity index (χ0n) is 10.7. The van der Waals surface area contributed by atoms with E-state index < -0.39 is 0 Å². The molecule has 2 saturated heterocycles. The Morgan fingerprint density at radius 2 is 1.47 bits per heavy atom. The molecular weight excluding hydrogens is 257 g/mol. The first-order valence-corrected chi connectivity index (χ1v) is 6.33. The third kappa shape index (κ3) is 4.65. The molecule has 1 unspecified atom stereocenters. The number of likely N-dealkylation sites (tertiary alicyclic amines) is 2. The Morgan fingerprint density at radius 3 is 2.00 bits per heavy atom. The predicted octanol–water partition coefficient (Wildman–Crippen LogP) is 2.63. The van der Waals surface area contributed by atoms with Crippen LogP contribution in [0, 0.1) is 11.3 Å². The molecule has 2 aliphatic rings. The van der Waals surface area contributed by atoms with Crippen molar-refractivity contribution in [3.63, 3.8) is 0 Å². The first-order chi connectivity index (χ1) is 7.27.